The Morgan fingerprint density at radius 2 is 2.08 bits per heavy atom. The molecular weight excluding hydrogens is 344 g/mol. The molecule has 2 aromatic rings. The zero-order valence-electron chi connectivity index (χ0n) is 15.3. The van der Waals surface area contributed by atoms with Crippen molar-refractivity contribution in [1.29, 1.82) is 0 Å². The second-order valence-corrected chi connectivity index (χ2v) is 8.06. The summed E-state index contributed by atoms with van der Waals surface area (Å²) < 4.78 is 0. The first-order chi connectivity index (χ1) is 12.7. The first-order valence-corrected chi connectivity index (χ1v) is 10.3. The zero-order valence-corrected chi connectivity index (χ0v) is 16.1. The van der Waals surface area contributed by atoms with E-state index in [9.17, 15) is 4.79 Å². The Morgan fingerprint density at radius 3 is 2.85 bits per heavy atom. The average Bonchev–Trinajstić information content (AvgIpc) is 3.22. The highest BCUT2D eigenvalue weighted by atomic mass is 32.1. The molecule has 1 saturated heterocycles. The molecule has 26 heavy (non-hydrogen) atoms. The summed E-state index contributed by atoms with van der Waals surface area (Å²) in [4.78, 5) is 23.8. The molecule has 1 aliphatic carbocycles. The second kappa shape index (κ2) is 7.76. The predicted molar refractivity (Wildman–Crippen MR) is 106 cm³/mol. The fourth-order valence-electron chi connectivity index (χ4n) is 4.08. The lowest BCUT2D eigenvalue weighted by Gasteiger charge is -2.37. The normalized spacial score (nSPS) is 20.7. The minimum Gasteiger partial charge on any atom is -0.346 e. The summed E-state index contributed by atoms with van der Waals surface area (Å²) in [6.07, 6.45) is 5.21. The van der Waals surface area contributed by atoms with Crippen LogP contribution in [0.25, 0.3) is 0 Å². The second-order valence-electron chi connectivity index (χ2n) is 7.19. The molecule has 0 radical (unpaired) electrons. The monoisotopic (exact) mass is 370 g/mol. The maximum Gasteiger partial charge on any atom is 0.237 e. The summed E-state index contributed by atoms with van der Waals surface area (Å²) in [6, 6.07) is 8.81. The SMILES string of the molecule is CN(C(=O)CN1CCN(c2nccs2)CC1)C1CCCc2ccccc21. The van der Waals surface area contributed by atoms with Crippen LogP contribution in [0, 0.1) is 0 Å². The van der Waals surface area contributed by atoms with E-state index in [2.05, 4.69) is 39.0 Å². The summed E-state index contributed by atoms with van der Waals surface area (Å²) in [7, 11) is 1.97. The third kappa shape index (κ3) is 3.62. The summed E-state index contributed by atoms with van der Waals surface area (Å²) in [5, 5.41) is 3.11. The standard InChI is InChI=1S/C20H26N4OS/c1-22(18-8-4-6-16-5-2-3-7-17(16)18)19(25)15-23-10-12-24(13-11-23)20-21-9-14-26-20/h2-3,5,7,9,14,18H,4,6,8,10-13,15H2,1H3. The van der Waals surface area contributed by atoms with Crippen LogP contribution >= 0.6 is 11.3 Å². The predicted octanol–water partition coefficient (Wildman–Crippen LogP) is 2.80. The minimum absolute atomic E-state index is 0.226. The van der Waals surface area contributed by atoms with E-state index in [1.807, 2.05) is 23.5 Å². The van der Waals surface area contributed by atoms with Crippen LogP contribution < -0.4 is 4.90 Å². The quantitative estimate of drug-likeness (QED) is 0.830. The highest BCUT2D eigenvalue weighted by molar-refractivity contribution is 7.13. The fraction of sp³-hybridized carbons (Fsp3) is 0.500. The molecule has 1 aliphatic heterocycles. The first-order valence-electron chi connectivity index (χ1n) is 9.42. The number of thiazole rings is 1. The van der Waals surface area contributed by atoms with Gasteiger partial charge in [0, 0.05) is 44.8 Å². The molecule has 1 aromatic heterocycles. The van der Waals surface area contributed by atoms with Gasteiger partial charge in [0.05, 0.1) is 12.6 Å². The Morgan fingerprint density at radius 1 is 1.27 bits per heavy atom. The summed E-state index contributed by atoms with van der Waals surface area (Å²) in [5.74, 6) is 0.231. The molecule has 0 N–H and O–H groups in total. The van der Waals surface area contributed by atoms with Gasteiger partial charge in [-0.15, -0.1) is 11.3 Å². The number of amides is 1. The van der Waals surface area contributed by atoms with Crippen molar-refractivity contribution in [1.82, 2.24) is 14.8 Å². The van der Waals surface area contributed by atoms with E-state index in [1.165, 1.54) is 11.1 Å². The molecule has 1 atom stereocenters. The van der Waals surface area contributed by atoms with Gasteiger partial charge in [-0.1, -0.05) is 24.3 Å². The van der Waals surface area contributed by atoms with Crippen molar-refractivity contribution >= 4 is 22.4 Å². The molecule has 138 valence electrons. The van der Waals surface area contributed by atoms with Gasteiger partial charge in [0.1, 0.15) is 0 Å². The largest absolute Gasteiger partial charge is 0.346 e. The molecule has 2 aliphatic rings. The van der Waals surface area contributed by atoms with Crippen LogP contribution in [0.2, 0.25) is 0 Å². The van der Waals surface area contributed by atoms with Crippen molar-refractivity contribution in [3.8, 4) is 0 Å². The Hall–Kier alpha value is -1.92. The van der Waals surface area contributed by atoms with Crippen LogP contribution in [-0.2, 0) is 11.2 Å². The van der Waals surface area contributed by atoms with Crippen LogP contribution in [0.15, 0.2) is 35.8 Å². The molecule has 1 unspecified atom stereocenters. The van der Waals surface area contributed by atoms with Gasteiger partial charge >= 0.3 is 0 Å². The Kier molecular flexibility index (Phi) is 5.22. The van der Waals surface area contributed by atoms with E-state index in [4.69, 9.17) is 0 Å². The van der Waals surface area contributed by atoms with Crippen molar-refractivity contribution in [2.24, 2.45) is 0 Å². The smallest absolute Gasteiger partial charge is 0.237 e. The maximum atomic E-state index is 12.9. The lowest BCUT2D eigenvalue weighted by atomic mass is 9.87. The molecule has 5 nitrogen and oxygen atoms in total. The van der Waals surface area contributed by atoms with E-state index in [0.29, 0.717) is 6.54 Å². The van der Waals surface area contributed by atoms with E-state index in [-0.39, 0.29) is 11.9 Å². The van der Waals surface area contributed by atoms with Gasteiger partial charge in [0.15, 0.2) is 5.13 Å². The maximum absolute atomic E-state index is 12.9. The number of rotatable bonds is 4. The van der Waals surface area contributed by atoms with Crippen molar-refractivity contribution in [2.45, 2.75) is 25.3 Å². The van der Waals surface area contributed by atoms with Crippen molar-refractivity contribution in [3.05, 3.63) is 47.0 Å². The van der Waals surface area contributed by atoms with Gasteiger partial charge in [0.2, 0.25) is 5.91 Å². The van der Waals surface area contributed by atoms with Gasteiger partial charge < -0.3 is 9.80 Å². The van der Waals surface area contributed by atoms with Crippen LogP contribution in [0.1, 0.15) is 30.0 Å². The number of carbonyl (C=O) groups excluding carboxylic acids is 1. The number of benzene rings is 1. The van der Waals surface area contributed by atoms with Crippen molar-refractivity contribution < 1.29 is 4.79 Å². The molecule has 1 amide bonds. The highest BCUT2D eigenvalue weighted by Gasteiger charge is 2.28. The fourth-order valence-corrected chi connectivity index (χ4v) is 4.77. The third-order valence-corrected chi connectivity index (χ3v) is 6.45. The Balaban J connectivity index is 1.34. The molecule has 0 spiro atoms. The lowest BCUT2D eigenvalue weighted by molar-refractivity contribution is -0.133. The Bertz CT molecular complexity index is 740. The summed E-state index contributed by atoms with van der Waals surface area (Å²) in [6.45, 7) is 4.23. The van der Waals surface area contributed by atoms with Crippen molar-refractivity contribution in [3.63, 3.8) is 0 Å². The zero-order chi connectivity index (χ0) is 17.9. The molecule has 6 heteroatoms. The number of piperazine rings is 1. The van der Waals surface area contributed by atoms with Gasteiger partial charge in [-0.25, -0.2) is 4.98 Å². The molecule has 0 bridgehead atoms. The van der Waals surface area contributed by atoms with Crippen LogP contribution in [0.5, 0.6) is 0 Å². The number of hydrogen-bond acceptors (Lipinski definition) is 5. The van der Waals surface area contributed by atoms with Crippen LogP contribution in [-0.4, -0.2) is 60.5 Å². The minimum atomic E-state index is 0.226. The van der Waals surface area contributed by atoms with Gasteiger partial charge in [-0.05, 0) is 30.4 Å². The van der Waals surface area contributed by atoms with E-state index in [0.717, 1.165) is 50.6 Å². The summed E-state index contributed by atoms with van der Waals surface area (Å²) in [5.41, 5.74) is 2.74. The van der Waals surface area contributed by atoms with Gasteiger partial charge in [-0.3, -0.25) is 9.69 Å². The number of fused-ring (bicyclic) bond motifs is 1. The number of anilines is 1. The van der Waals surface area contributed by atoms with E-state index in [1.54, 1.807) is 11.3 Å². The molecule has 0 saturated carbocycles. The van der Waals surface area contributed by atoms with E-state index < -0.39 is 0 Å². The number of likely N-dealkylation sites (N-methyl/N-ethyl adjacent to an activating group) is 1. The molecule has 1 fully saturated rings. The number of aromatic nitrogens is 1. The lowest BCUT2D eigenvalue weighted by Crippen LogP contribution is -2.50. The average molecular weight is 371 g/mol. The summed E-state index contributed by atoms with van der Waals surface area (Å²) >= 11 is 1.68. The molecular formula is C20H26N4OS. The number of hydrogen-bond donors (Lipinski definition) is 0. The number of aryl methyl sites for hydroxylation is 1. The number of nitrogens with zero attached hydrogens (tertiary/aromatic N) is 4. The topological polar surface area (TPSA) is 39.7 Å². The van der Waals surface area contributed by atoms with Crippen molar-refractivity contribution in [2.75, 3.05) is 44.7 Å². The van der Waals surface area contributed by atoms with E-state index >= 15 is 0 Å². The van der Waals surface area contributed by atoms with Gasteiger partial charge in [0.25, 0.3) is 0 Å². The van der Waals surface area contributed by atoms with Crippen LogP contribution in [0.4, 0.5) is 5.13 Å². The molecule has 1 aromatic carbocycles. The Labute approximate surface area is 159 Å². The van der Waals surface area contributed by atoms with Crippen LogP contribution in [0.3, 0.4) is 0 Å². The first kappa shape index (κ1) is 17.5. The molecule has 4 rings (SSSR count). The number of carbonyl (C=O) groups is 1. The highest BCUT2D eigenvalue weighted by Crippen LogP contribution is 2.33. The molecule has 2 heterocycles. The van der Waals surface area contributed by atoms with Gasteiger partial charge in [-0.2, -0.15) is 0 Å². The third-order valence-electron chi connectivity index (χ3n) is 5.62.